The van der Waals surface area contributed by atoms with E-state index in [4.69, 9.17) is 0 Å². The van der Waals surface area contributed by atoms with Gasteiger partial charge in [0.25, 0.3) is 0 Å². The molecule has 0 aromatic rings. The minimum absolute atomic E-state index is 0.228. The fourth-order valence-corrected chi connectivity index (χ4v) is 0.841. The van der Waals surface area contributed by atoms with Gasteiger partial charge in [-0.15, -0.1) is 0 Å². The lowest BCUT2D eigenvalue weighted by Crippen LogP contribution is -2.04. The van der Waals surface area contributed by atoms with Crippen molar-refractivity contribution < 1.29 is 9.63 Å². The Morgan fingerprint density at radius 2 is 2.18 bits per heavy atom. The second kappa shape index (κ2) is 5.89. The molecule has 0 radical (unpaired) electrons. The summed E-state index contributed by atoms with van der Waals surface area (Å²) in [5.74, 6) is 0.228. The van der Waals surface area contributed by atoms with Crippen molar-refractivity contribution in [1.29, 1.82) is 0 Å². The van der Waals surface area contributed by atoms with Gasteiger partial charge in [0.2, 0.25) is 0 Å². The lowest BCUT2D eigenvalue weighted by atomic mass is 10.1. The van der Waals surface area contributed by atoms with E-state index in [1.807, 2.05) is 6.92 Å². The first-order valence-corrected chi connectivity index (χ1v) is 3.79. The summed E-state index contributed by atoms with van der Waals surface area (Å²) in [6.07, 6.45) is 1.96. The molecule has 0 fully saturated rings. The molecule has 0 bridgehead atoms. The average molecular weight is 157 g/mol. The van der Waals surface area contributed by atoms with Crippen LogP contribution < -0.4 is 0 Å². The molecule has 0 saturated carbocycles. The molecule has 0 spiro atoms. The maximum absolute atomic E-state index is 11.0. The third-order valence-corrected chi connectivity index (χ3v) is 1.23. The fraction of sp³-hybridized carbons (Fsp3) is 0.750. The van der Waals surface area contributed by atoms with Crippen molar-refractivity contribution in [2.75, 3.05) is 7.11 Å². The predicted octanol–water partition coefficient (Wildman–Crippen LogP) is 1.77. The summed E-state index contributed by atoms with van der Waals surface area (Å²) in [5, 5.41) is 3.64. The smallest absolute Gasteiger partial charge is 0.138 e. The number of oxime groups is 1. The molecule has 64 valence electrons. The van der Waals surface area contributed by atoms with Crippen LogP contribution in [-0.4, -0.2) is 18.6 Å². The Hall–Kier alpha value is -0.860. The molecule has 0 aromatic carbocycles. The van der Waals surface area contributed by atoms with E-state index in [0.717, 1.165) is 12.1 Å². The van der Waals surface area contributed by atoms with Crippen LogP contribution >= 0.6 is 0 Å². The van der Waals surface area contributed by atoms with Crippen molar-refractivity contribution in [3.63, 3.8) is 0 Å². The normalized spacial score (nSPS) is 11.4. The number of rotatable bonds is 5. The molecular formula is C8H15NO2. The molecule has 0 saturated heterocycles. The zero-order chi connectivity index (χ0) is 8.69. The van der Waals surface area contributed by atoms with E-state index in [9.17, 15) is 4.79 Å². The minimum Gasteiger partial charge on any atom is -0.399 e. The number of carbonyl (C=O) groups is 1. The Morgan fingerprint density at radius 3 is 2.64 bits per heavy atom. The second-order valence-electron chi connectivity index (χ2n) is 2.47. The van der Waals surface area contributed by atoms with Crippen LogP contribution in [0.5, 0.6) is 0 Å². The third-order valence-electron chi connectivity index (χ3n) is 1.23. The summed E-state index contributed by atoms with van der Waals surface area (Å²) in [6, 6.07) is 0. The molecule has 0 aromatic heterocycles. The zero-order valence-electron chi connectivity index (χ0n) is 7.39. The predicted molar refractivity (Wildman–Crippen MR) is 44.7 cm³/mol. The lowest BCUT2D eigenvalue weighted by Gasteiger charge is -1.96. The van der Waals surface area contributed by atoms with Gasteiger partial charge in [0, 0.05) is 12.8 Å². The molecule has 0 aliphatic carbocycles. The van der Waals surface area contributed by atoms with Gasteiger partial charge in [-0.25, -0.2) is 0 Å². The van der Waals surface area contributed by atoms with Crippen LogP contribution in [0.15, 0.2) is 5.16 Å². The van der Waals surface area contributed by atoms with E-state index < -0.39 is 0 Å². The van der Waals surface area contributed by atoms with Crippen molar-refractivity contribution in [1.82, 2.24) is 0 Å². The van der Waals surface area contributed by atoms with Crippen molar-refractivity contribution in [2.24, 2.45) is 5.16 Å². The van der Waals surface area contributed by atoms with Crippen LogP contribution in [0.1, 0.15) is 33.1 Å². The molecule has 0 heterocycles. The second-order valence-corrected chi connectivity index (χ2v) is 2.47. The largest absolute Gasteiger partial charge is 0.399 e. The monoisotopic (exact) mass is 157 g/mol. The van der Waals surface area contributed by atoms with Gasteiger partial charge in [-0.3, -0.25) is 4.79 Å². The Labute approximate surface area is 67.4 Å². The summed E-state index contributed by atoms with van der Waals surface area (Å²) in [7, 11) is 1.48. The molecular weight excluding hydrogens is 142 g/mol. The van der Waals surface area contributed by atoms with Crippen molar-refractivity contribution in [3.8, 4) is 0 Å². The standard InChI is InChI=1S/C8H15NO2/c1-4-5-8(10)6-7(2)9-11-3/h4-6H2,1-3H3/b9-7+. The van der Waals surface area contributed by atoms with E-state index >= 15 is 0 Å². The summed E-state index contributed by atoms with van der Waals surface area (Å²) in [4.78, 5) is 15.5. The highest BCUT2D eigenvalue weighted by Gasteiger charge is 2.01. The SMILES string of the molecule is CCCC(=O)C/C(C)=N/OC. The van der Waals surface area contributed by atoms with Crippen molar-refractivity contribution >= 4 is 11.5 Å². The number of hydrogen-bond acceptors (Lipinski definition) is 3. The summed E-state index contributed by atoms with van der Waals surface area (Å²) in [6.45, 7) is 3.78. The molecule has 0 N–H and O–H groups in total. The maximum atomic E-state index is 11.0. The van der Waals surface area contributed by atoms with Crippen LogP contribution in [0.2, 0.25) is 0 Å². The number of ketones is 1. The number of Topliss-reactive ketones (excluding diaryl/α,β-unsaturated/α-hetero) is 1. The quantitative estimate of drug-likeness (QED) is 0.450. The molecule has 0 aliphatic rings. The van der Waals surface area contributed by atoms with E-state index in [1.165, 1.54) is 7.11 Å². The van der Waals surface area contributed by atoms with Crippen LogP contribution in [-0.2, 0) is 9.63 Å². The fourth-order valence-electron chi connectivity index (χ4n) is 0.841. The van der Waals surface area contributed by atoms with Crippen LogP contribution in [0.4, 0.5) is 0 Å². The van der Waals surface area contributed by atoms with Gasteiger partial charge in [-0.2, -0.15) is 0 Å². The molecule has 0 rings (SSSR count). The lowest BCUT2D eigenvalue weighted by molar-refractivity contribution is -0.117. The number of hydrogen-bond donors (Lipinski definition) is 0. The van der Waals surface area contributed by atoms with Gasteiger partial charge in [0.1, 0.15) is 12.9 Å². The highest BCUT2D eigenvalue weighted by atomic mass is 16.6. The average Bonchev–Trinajstić information content (AvgIpc) is 1.87. The Bertz CT molecular complexity index is 152. The van der Waals surface area contributed by atoms with E-state index in [0.29, 0.717) is 12.8 Å². The summed E-state index contributed by atoms with van der Waals surface area (Å²) >= 11 is 0. The first-order chi connectivity index (χ1) is 5.20. The van der Waals surface area contributed by atoms with Crippen molar-refractivity contribution in [2.45, 2.75) is 33.1 Å². The first kappa shape index (κ1) is 10.1. The van der Waals surface area contributed by atoms with Gasteiger partial charge >= 0.3 is 0 Å². The number of nitrogens with zero attached hydrogens (tertiary/aromatic N) is 1. The molecule has 0 aliphatic heterocycles. The van der Waals surface area contributed by atoms with Gasteiger partial charge in [-0.05, 0) is 13.3 Å². The summed E-state index contributed by atoms with van der Waals surface area (Å²) < 4.78 is 0. The third kappa shape index (κ3) is 5.58. The Morgan fingerprint density at radius 1 is 1.55 bits per heavy atom. The van der Waals surface area contributed by atoms with Gasteiger partial charge in [0.15, 0.2) is 0 Å². The Kier molecular flexibility index (Phi) is 5.43. The minimum atomic E-state index is 0.228. The van der Waals surface area contributed by atoms with Gasteiger partial charge in [0.05, 0.1) is 5.71 Å². The molecule has 0 atom stereocenters. The van der Waals surface area contributed by atoms with Gasteiger partial charge < -0.3 is 4.84 Å². The van der Waals surface area contributed by atoms with Crippen molar-refractivity contribution in [3.05, 3.63) is 0 Å². The highest BCUT2D eigenvalue weighted by molar-refractivity contribution is 6.00. The van der Waals surface area contributed by atoms with E-state index in [2.05, 4.69) is 9.99 Å². The zero-order valence-corrected chi connectivity index (χ0v) is 7.39. The maximum Gasteiger partial charge on any atom is 0.138 e. The highest BCUT2D eigenvalue weighted by Crippen LogP contribution is 1.96. The molecule has 3 nitrogen and oxygen atoms in total. The Balaban J connectivity index is 3.66. The van der Waals surface area contributed by atoms with E-state index in [-0.39, 0.29) is 5.78 Å². The molecule has 0 unspecified atom stereocenters. The topological polar surface area (TPSA) is 38.7 Å². The molecule has 3 heteroatoms. The molecule has 11 heavy (non-hydrogen) atoms. The molecule has 0 amide bonds. The van der Waals surface area contributed by atoms with Gasteiger partial charge in [-0.1, -0.05) is 12.1 Å². The van der Waals surface area contributed by atoms with Crippen LogP contribution in [0.25, 0.3) is 0 Å². The van der Waals surface area contributed by atoms with Crippen LogP contribution in [0, 0.1) is 0 Å². The van der Waals surface area contributed by atoms with Crippen LogP contribution in [0.3, 0.4) is 0 Å². The number of carbonyl (C=O) groups excluding carboxylic acids is 1. The van der Waals surface area contributed by atoms with E-state index in [1.54, 1.807) is 6.92 Å². The first-order valence-electron chi connectivity index (χ1n) is 3.79. The summed E-state index contributed by atoms with van der Waals surface area (Å²) in [5.41, 5.74) is 0.742.